The third-order valence-electron chi connectivity index (χ3n) is 5.38. The van der Waals surface area contributed by atoms with Crippen LogP contribution in [0.5, 0.6) is 0 Å². The fraction of sp³-hybridized carbons (Fsp3) is 0.200. The molecule has 4 rings (SSSR count). The van der Waals surface area contributed by atoms with Crippen LogP contribution in [0.3, 0.4) is 0 Å². The van der Waals surface area contributed by atoms with E-state index in [1.54, 1.807) is 34.1 Å². The van der Waals surface area contributed by atoms with Gasteiger partial charge in [-0.3, -0.25) is 4.79 Å². The van der Waals surface area contributed by atoms with Crippen LogP contribution in [-0.2, 0) is 19.6 Å². The summed E-state index contributed by atoms with van der Waals surface area (Å²) in [7, 11) is 0. The van der Waals surface area contributed by atoms with Crippen molar-refractivity contribution in [2.75, 3.05) is 18.5 Å². The molecular weight excluding hydrogens is 390 g/mol. The second-order valence-corrected chi connectivity index (χ2v) is 7.57. The number of benzene rings is 3. The van der Waals surface area contributed by atoms with Crippen molar-refractivity contribution in [1.29, 1.82) is 0 Å². The van der Waals surface area contributed by atoms with Crippen LogP contribution in [0, 0.1) is 0 Å². The quantitative estimate of drug-likeness (QED) is 0.642. The number of urea groups is 1. The lowest BCUT2D eigenvalue weighted by Crippen LogP contribution is -2.33. The highest BCUT2D eigenvalue weighted by molar-refractivity contribution is 5.95. The summed E-state index contributed by atoms with van der Waals surface area (Å²) in [6.45, 7) is 1.75. The number of hydrogen-bond donors (Lipinski definition) is 2. The highest BCUT2D eigenvalue weighted by atomic mass is 16.3. The first-order valence-corrected chi connectivity index (χ1v) is 10.3. The lowest BCUT2D eigenvalue weighted by Gasteiger charge is -2.22. The van der Waals surface area contributed by atoms with Crippen LogP contribution < -0.4 is 5.32 Å². The summed E-state index contributed by atoms with van der Waals surface area (Å²) in [5.74, 6) is -0.161. The smallest absolute Gasteiger partial charge is 0.322 e. The topological polar surface area (TPSA) is 72.9 Å². The molecule has 0 atom stereocenters. The number of rotatable bonds is 6. The minimum absolute atomic E-state index is 0.106. The summed E-state index contributed by atoms with van der Waals surface area (Å²) in [5.41, 5.74) is 4.48. The van der Waals surface area contributed by atoms with Gasteiger partial charge < -0.3 is 20.2 Å². The minimum atomic E-state index is -0.165. The Morgan fingerprint density at radius 3 is 2.10 bits per heavy atom. The van der Waals surface area contributed by atoms with Crippen LogP contribution in [0.25, 0.3) is 0 Å². The first-order valence-electron chi connectivity index (χ1n) is 10.3. The van der Waals surface area contributed by atoms with Gasteiger partial charge in [0.15, 0.2) is 0 Å². The summed E-state index contributed by atoms with van der Waals surface area (Å²) in [5, 5.41) is 12.3. The van der Waals surface area contributed by atoms with Gasteiger partial charge in [0.25, 0.3) is 5.91 Å². The molecule has 6 nitrogen and oxygen atoms in total. The Kier molecular flexibility index (Phi) is 6.29. The molecule has 0 aliphatic carbocycles. The Morgan fingerprint density at radius 1 is 0.871 bits per heavy atom. The third-order valence-corrected chi connectivity index (χ3v) is 5.38. The molecule has 0 spiro atoms. The Bertz CT molecular complexity index is 1030. The molecule has 0 unspecified atom stereocenters. The normalized spacial score (nSPS) is 12.4. The van der Waals surface area contributed by atoms with Gasteiger partial charge in [-0.15, -0.1) is 0 Å². The molecule has 0 saturated heterocycles. The summed E-state index contributed by atoms with van der Waals surface area (Å²) in [4.78, 5) is 28.9. The molecule has 2 N–H and O–H groups in total. The molecule has 158 valence electrons. The summed E-state index contributed by atoms with van der Waals surface area (Å²) < 4.78 is 0. The predicted octanol–water partition coefficient (Wildman–Crippen LogP) is 3.87. The van der Waals surface area contributed by atoms with Crippen molar-refractivity contribution in [3.05, 3.63) is 101 Å². The fourth-order valence-electron chi connectivity index (χ4n) is 3.73. The number of hydrogen-bond acceptors (Lipinski definition) is 3. The fourth-order valence-corrected chi connectivity index (χ4v) is 3.73. The molecule has 1 heterocycles. The molecule has 3 aromatic rings. The van der Waals surface area contributed by atoms with E-state index in [-0.39, 0.29) is 25.1 Å². The van der Waals surface area contributed by atoms with Crippen molar-refractivity contribution in [3.63, 3.8) is 0 Å². The molecule has 0 saturated carbocycles. The predicted molar refractivity (Wildman–Crippen MR) is 119 cm³/mol. The lowest BCUT2D eigenvalue weighted by atomic mass is 10.1. The van der Waals surface area contributed by atoms with E-state index in [4.69, 9.17) is 0 Å². The highest BCUT2D eigenvalue weighted by Crippen LogP contribution is 2.23. The van der Waals surface area contributed by atoms with Crippen molar-refractivity contribution in [3.8, 4) is 0 Å². The number of fused-ring (bicyclic) bond motifs is 1. The van der Waals surface area contributed by atoms with Gasteiger partial charge in [-0.05, 0) is 41.0 Å². The zero-order valence-electron chi connectivity index (χ0n) is 17.2. The van der Waals surface area contributed by atoms with E-state index < -0.39 is 0 Å². The van der Waals surface area contributed by atoms with E-state index in [2.05, 4.69) is 5.32 Å². The van der Waals surface area contributed by atoms with Crippen molar-refractivity contribution in [2.45, 2.75) is 19.6 Å². The van der Waals surface area contributed by atoms with Crippen molar-refractivity contribution >= 4 is 17.6 Å². The maximum absolute atomic E-state index is 12.9. The van der Waals surface area contributed by atoms with Gasteiger partial charge in [0.1, 0.15) is 0 Å². The van der Waals surface area contributed by atoms with E-state index in [0.29, 0.717) is 30.9 Å². The van der Waals surface area contributed by atoms with E-state index in [0.717, 1.165) is 5.56 Å². The van der Waals surface area contributed by atoms with Crippen LogP contribution in [0.1, 0.15) is 27.0 Å². The second kappa shape index (κ2) is 9.45. The molecule has 0 bridgehead atoms. The molecule has 0 radical (unpaired) electrons. The third kappa shape index (κ3) is 4.92. The average molecular weight is 415 g/mol. The largest absolute Gasteiger partial charge is 0.395 e. The van der Waals surface area contributed by atoms with Gasteiger partial charge in [0.2, 0.25) is 0 Å². The van der Waals surface area contributed by atoms with Crippen LogP contribution in [0.4, 0.5) is 10.5 Å². The van der Waals surface area contributed by atoms with Crippen LogP contribution >= 0.6 is 0 Å². The van der Waals surface area contributed by atoms with Crippen LogP contribution in [0.2, 0.25) is 0 Å². The average Bonchev–Trinajstić information content (AvgIpc) is 3.24. The molecule has 6 heteroatoms. The first kappa shape index (κ1) is 20.6. The maximum Gasteiger partial charge on any atom is 0.322 e. The SMILES string of the molecule is O=C(Nc1ccc(C(=O)N(CCO)Cc2ccccc2)cc1)N1Cc2ccccc2C1. The summed E-state index contributed by atoms with van der Waals surface area (Å²) in [6.07, 6.45) is 0. The van der Waals surface area contributed by atoms with E-state index in [9.17, 15) is 14.7 Å². The van der Waals surface area contributed by atoms with Gasteiger partial charge in [0.05, 0.1) is 6.61 Å². The van der Waals surface area contributed by atoms with Crippen LogP contribution in [-0.4, -0.2) is 40.0 Å². The molecular formula is C25H25N3O3. The monoisotopic (exact) mass is 415 g/mol. The number of nitrogens with zero attached hydrogens (tertiary/aromatic N) is 2. The van der Waals surface area contributed by atoms with E-state index >= 15 is 0 Å². The number of anilines is 1. The second-order valence-electron chi connectivity index (χ2n) is 7.57. The standard InChI is InChI=1S/C25H25N3O3/c29-15-14-27(16-19-6-2-1-3-7-19)24(30)20-10-12-23(13-11-20)26-25(31)28-17-21-8-4-5-9-22(21)18-28/h1-13,29H,14-18H2,(H,26,31). The van der Waals surface area contributed by atoms with Crippen molar-refractivity contribution in [2.24, 2.45) is 0 Å². The van der Waals surface area contributed by atoms with E-state index in [1.165, 1.54) is 11.1 Å². The molecule has 3 amide bonds. The number of aliphatic hydroxyl groups is 1. The molecule has 3 aromatic carbocycles. The van der Waals surface area contributed by atoms with Gasteiger partial charge in [-0.1, -0.05) is 54.6 Å². The Hall–Kier alpha value is -3.64. The Morgan fingerprint density at radius 2 is 1.48 bits per heavy atom. The van der Waals surface area contributed by atoms with E-state index in [1.807, 2.05) is 54.6 Å². The highest BCUT2D eigenvalue weighted by Gasteiger charge is 2.23. The van der Waals surface area contributed by atoms with Crippen molar-refractivity contribution in [1.82, 2.24) is 9.80 Å². The van der Waals surface area contributed by atoms with Gasteiger partial charge in [0, 0.05) is 37.4 Å². The van der Waals surface area contributed by atoms with Crippen LogP contribution in [0.15, 0.2) is 78.9 Å². The number of carbonyl (C=O) groups excluding carboxylic acids is 2. The lowest BCUT2D eigenvalue weighted by molar-refractivity contribution is 0.0708. The summed E-state index contributed by atoms with van der Waals surface area (Å²) >= 11 is 0. The molecule has 0 fully saturated rings. The van der Waals surface area contributed by atoms with Crippen molar-refractivity contribution < 1.29 is 14.7 Å². The molecule has 31 heavy (non-hydrogen) atoms. The number of carbonyl (C=O) groups is 2. The number of amides is 3. The maximum atomic E-state index is 12.9. The summed E-state index contributed by atoms with van der Waals surface area (Å²) in [6, 6.07) is 24.4. The first-order chi connectivity index (χ1) is 15.1. The molecule has 1 aliphatic heterocycles. The zero-order valence-corrected chi connectivity index (χ0v) is 17.2. The molecule has 0 aromatic heterocycles. The molecule has 1 aliphatic rings. The number of aliphatic hydroxyl groups excluding tert-OH is 1. The Labute approximate surface area is 181 Å². The zero-order chi connectivity index (χ0) is 21.6. The van der Waals surface area contributed by atoms with Gasteiger partial charge in [-0.2, -0.15) is 0 Å². The Balaban J connectivity index is 1.39. The van der Waals surface area contributed by atoms with Gasteiger partial charge in [-0.25, -0.2) is 4.79 Å². The minimum Gasteiger partial charge on any atom is -0.395 e. The van der Waals surface area contributed by atoms with Gasteiger partial charge >= 0.3 is 6.03 Å². The number of nitrogens with one attached hydrogen (secondary N) is 1.